The smallest absolute Gasteiger partial charge is 0.157 e. The van der Waals surface area contributed by atoms with Crippen LogP contribution in [0.2, 0.25) is 0 Å². The summed E-state index contributed by atoms with van der Waals surface area (Å²) in [5.41, 5.74) is 0. The van der Waals surface area contributed by atoms with Crippen molar-refractivity contribution in [1.82, 2.24) is 5.32 Å². The molecule has 0 fully saturated rings. The van der Waals surface area contributed by atoms with E-state index in [-0.39, 0.29) is 0 Å². The Bertz CT molecular complexity index is 224. The molecule has 0 aromatic carbocycles. The van der Waals surface area contributed by atoms with Gasteiger partial charge in [-0.25, -0.2) is 0 Å². The standard InChI is InChI=1S/C12H24N2S/c1-8(2)6-11-7-13-12(15-11)14-10(5)9(3)4/h8-11H,6-7H2,1-5H3,(H,13,14). The highest BCUT2D eigenvalue weighted by Gasteiger charge is 2.21. The normalized spacial score (nSPS) is 23.4. The summed E-state index contributed by atoms with van der Waals surface area (Å²) in [5.74, 6) is 1.44. The molecule has 2 unspecified atom stereocenters. The average Bonchev–Trinajstić information content (AvgIpc) is 2.51. The molecule has 0 saturated carbocycles. The first-order valence-electron chi connectivity index (χ1n) is 5.96. The van der Waals surface area contributed by atoms with E-state index in [9.17, 15) is 0 Å². The number of hydrogen-bond donors (Lipinski definition) is 1. The molecule has 15 heavy (non-hydrogen) atoms. The summed E-state index contributed by atoms with van der Waals surface area (Å²) in [6.45, 7) is 12.3. The molecule has 1 rings (SSSR count). The van der Waals surface area contributed by atoms with Crippen LogP contribution in [0.1, 0.15) is 41.0 Å². The van der Waals surface area contributed by atoms with Gasteiger partial charge in [0.1, 0.15) is 0 Å². The van der Waals surface area contributed by atoms with Gasteiger partial charge in [-0.15, -0.1) is 0 Å². The SMILES string of the molecule is CC(C)CC1CN=C(NC(C)C(C)C)S1. The van der Waals surface area contributed by atoms with Crippen molar-refractivity contribution in [2.24, 2.45) is 16.8 Å². The first-order chi connectivity index (χ1) is 6.99. The molecule has 0 amide bonds. The van der Waals surface area contributed by atoms with E-state index < -0.39 is 0 Å². The second-order valence-corrected chi connectivity index (χ2v) is 6.48. The van der Waals surface area contributed by atoms with E-state index in [1.165, 1.54) is 6.42 Å². The molecule has 2 atom stereocenters. The maximum Gasteiger partial charge on any atom is 0.157 e. The molecule has 88 valence electrons. The Balaban J connectivity index is 2.29. The number of aliphatic imine (C=N–C) groups is 1. The molecule has 0 spiro atoms. The molecule has 0 saturated heterocycles. The number of rotatable bonds is 4. The van der Waals surface area contributed by atoms with Crippen LogP contribution >= 0.6 is 11.8 Å². The summed E-state index contributed by atoms with van der Waals surface area (Å²) < 4.78 is 0. The van der Waals surface area contributed by atoms with E-state index in [1.807, 2.05) is 11.8 Å². The molecular weight excluding hydrogens is 204 g/mol. The van der Waals surface area contributed by atoms with Crippen molar-refractivity contribution < 1.29 is 0 Å². The lowest BCUT2D eigenvalue weighted by Gasteiger charge is -2.18. The van der Waals surface area contributed by atoms with E-state index in [0.29, 0.717) is 17.2 Å². The van der Waals surface area contributed by atoms with Crippen LogP contribution in [0.5, 0.6) is 0 Å². The van der Waals surface area contributed by atoms with Gasteiger partial charge >= 0.3 is 0 Å². The van der Waals surface area contributed by atoms with Crippen molar-refractivity contribution in [2.45, 2.75) is 52.3 Å². The molecule has 0 bridgehead atoms. The van der Waals surface area contributed by atoms with E-state index in [0.717, 1.165) is 17.6 Å². The Morgan fingerprint density at radius 1 is 1.33 bits per heavy atom. The lowest BCUT2D eigenvalue weighted by atomic mass is 10.1. The number of hydrogen-bond acceptors (Lipinski definition) is 3. The third kappa shape index (κ3) is 4.45. The van der Waals surface area contributed by atoms with Gasteiger partial charge in [-0.05, 0) is 25.2 Å². The van der Waals surface area contributed by atoms with Gasteiger partial charge in [-0.3, -0.25) is 4.99 Å². The van der Waals surface area contributed by atoms with Crippen LogP contribution in [0.25, 0.3) is 0 Å². The number of nitrogens with one attached hydrogen (secondary N) is 1. The van der Waals surface area contributed by atoms with E-state index in [2.05, 4.69) is 44.9 Å². The second-order valence-electron chi connectivity index (χ2n) is 5.19. The zero-order valence-electron chi connectivity index (χ0n) is 10.6. The van der Waals surface area contributed by atoms with E-state index in [1.54, 1.807) is 0 Å². The molecule has 3 heteroatoms. The number of thioether (sulfide) groups is 1. The van der Waals surface area contributed by atoms with Gasteiger partial charge in [-0.1, -0.05) is 39.5 Å². The predicted octanol–water partition coefficient (Wildman–Crippen LogP) is 3.14. The molecular formula is C12H24N2S. The van der Waals surface area contributed by atoms with Crippen molar-refractivity contribution >= 4 is 16.9 Å². The highest BCUT2D eigenvalue weighted by Crippen LogP contribution is 2.25. The van der Waals surface area contributed by atoms with Crippen molar-refractivity contribution in [3.05, 3.63) is 0 Å². The highest BCUT2D eigenvalue weighted by atomic mass is 32.2. The van der Waals surface area contributed by atoms with Gasteiger partial charge in [-0.2, -0.15) is 0 Å². The molecule has 0 aromatic rings. The fraction of sp³-hybridized carbons (Fsp3) is 0.917. The van der Waals surface area contributed by atoms with Crippen LogP contribution in [-0.2, 0) is 0 Å². The first kappa shape index (κ1) is 12.9. The minimum absolute atomic E-state index is 0.522. The summed E-state index contributed by atoms with van der Waals surface area (Å²) in [7, 11) is 0. The van der Waals surface area contributed by atoms with Gasteiger partial charge in [0.25, 0.3) is 0 Å². The summed E-state index contributed by atoms with van der Waals surface area (Å²) >= 11 is 1.92. The molecule has 1 heterocycles. The molecule has 0 radical (unpaired) electrons. The minimum atomic E-state index is 0.522. The van der Waals surface area contributed by atoms with Crippen LogP contribution in [0.3, 0.4) is 0 Å². The number of nitrogens with zero attached hydrogens (tertiary/aromatic N) is 1. The van der Waals surface area contributed by atoms with Crippen molar-refractivity contribution in [2.75, 3.05) is 6.54 Å². The molecule has 1 N–H and O–H groups in total. The minimum Gasteiger partial charge on any atom is -0.362 e. The van der Waals surface area contributed by atoms with Crippen molar-refractivity contribution in [1.29, 1.82) is 0 Å². The fourth-order valence-electron chi connectivity index (χ4n) is 1.51. The first-order valence-corrected chi connectivity index (χ1v) is 6.84. The zero-order valence-corrected chi connectivity index (χ0v) is 11.4. The van der Waals surface area contributed by atoms with Gasteiger partial charge in [0.2, 0.25) is 0 Å². The van der Waals surface area contributed by atoms with Crippen LogP contribution in [-0.4, -0.2) is 23.0 Å². The van der Waals surface area contributed by atoms with Crippen LogP contribution in [0.15, 0.2) is 4.99 Å². The Morgan fingerprint density at radius 3 is 2.53 bits per heavy atom. The van der Waals surface area contributed by atoms with Crippen LogP contribution in [0.4, 0.5) is 0 Å². The zero-order chi connectivity index (χ0) is 11.4. The molecule has 0 aromatic heterocycles. The van der Waals surface area contributed by atoms with Crippen molar-refractivity contribution in [3.8, 4) is 0 Å². The average molecular weight is 228 g/mol. The molecule has 1 aliphatic heterocycles. The summed E-state index contributed by atoms with van der Waals surface area (Å²) in [6.07, 6.45) is 1.27. The maximum atomic E-state index is 4.56. The third-order valence-corrected chi connectivity index (χ3v) is 3.95. The maximum absolute atomic E-state index is 4.56. The molecule has 0 aliphatic carbocycles. The Hall–Kier alpha value is -0.180. The Kier molecular flexibility index (Phi) is 4.97. The lowest BCUT2D eigenvalue weighted by Crippen LogP contribution is -2.34. The highest BCUT2D eigenvalue weighted by molar-refractivity contribution is 8.14. The molecule has 1 aliphatic rings. The number of amidine groups is 1. The van der Waals surface area contributed by atoms with Gasteiger partial charge in [0, 0.05) is 11.3 Å². The van der Waals surface area contributed by atoms with Gasteiger partial charge in [0.15, 0.2) is 5.17 Å². The van der Waals surface area contributed by atoms with Crippen LogP contribution in [0, 0.1) is 11.8 Å². The lowest BCUT2D eigenvalue weighted by molar-refractivity contribution is 0.489. The monoisotopic (exact) mass is 228 g/mol. The third-order valence-electron chi connectivity index (χ3n) is 2.80. The summed E-state index contributed by atoms with van der Waals surface area (Å²) in [5, 5.41) is 5.35. The van der Waals surface area contributed by atoms with E-state index in [4.69, 9.17) is 0 Å². The van der Waals surface area contributed by atoms with E-state index >= 15 is 0 Å². The summed E-state index contributed by atoms with van der Waals surface area (Å²) in [6, 6.07) is 0.522. The Morgan fingerprint density at radius 2 is 2.00 bits per heavy atom. The topological polar surface area (TPSA) is 24.4 Å². The van der Waals surface area contributed by atoms with Crippen LogP contribution < -0.4 is 5.32 Å². The second kappa shape index (κ2) is 5.78. The fourth-order valence-corrected chi connectivity index (χ4v) is 2.86. The largest absolute Gasteiger partial charge is 0.362 e. The Labute approximate surface area is 98.3 Å². The quantitative estimate of drug-likeness (QED) is 0.799. The predicted molar refractivity (Wildman–Crippen MR) is 70.6 cm³/mol. The van der Waals surface area contributed by atoms with Gasteiger partial charge in [0.05, 0.1) is 6.54 Å². The van der Waals surface area contributed by atoms with Gasteiger partial charge < -0.3 is 5.32 Å². The summed E-state index contributed by atoms with van der Waals surface area (Å²) in [4.78, 5) is 4.56. The van der Waals surface area contributed by atoms with Crippen molar-refractivity contribution in [3.63, 3.8) is 0 Å². The molecule has 2 nitrogen and oxygen atoms in total.